The summed E-state index contributed by atoms with van der Waals surface area (Å²) >= 11 is 0. The maximum absolute atomic E-state index is 13.2. The van der Waals surface area contributed by atoms with Gasteiger partial charge in [-0.05, 0) is 48.7 Å². The van der Waals surface area contributed by atoms with Crippen molar-refractivity contribution in [1.29, 1.82) is 0 Å². The van der Waals surface area contributed by atoms with E-state index in [1.165, 1.54) is 22.5 Å². The van der Waals surface area contributed by atoms with Gasteiger partial charge in [0.05, 0.1) is 17.7 Å². The van der Waals surface area contributed by atoms with Crippen LogP contribution in [0.2, 0.25) is 0 Å². The van der Waals surface area contributed by atoms with Crippen LogP contribution in [0.5, 0.6) is 5.75 Å². The summed E-state index contributed by atoms with van der Waals surface area (Å²) in [5, 5.41) is 0. The Balaban J connectivity index is 2.09. The Morgan fingerprint density at radius 2 is 1.95 bits per heavy atom. The minimum atomic E-state index is -3.71. The summed E-state index contributed by atoms with van der Waals surface area (Å²) in [4.78, 5) is 0.129. The van der Waals surface area contributed by atoms with E-state index in [-0.39, 0.29) is 4.90 Å². The molecular formula is C16H16FNO3S. The summed E-state index contributed by atoms with van der Waals surface area (Å²) in [6.07, 6.45) is 0.652. The van der Waals surface area contributed by atoms with Gasteiger partial charge in [0.1, 0.15) is 11.6 Å². The molecule has 0 atom stereocenters. The minimum Gasteiger partial charge on any atom is -0.497 e. The van der Waals surface area contributed by atoms with Gasteiger partial charge in [0.2, 0.25) is 0 Å². The Morgan fingerprint density at radius 3 is 2.64 bits per heavy atom. The fourth-order valence-electron chi connectivity index (χ4n) is 2.73. The lowest BCUT2D eigenvalue weighted by atomic mass is 10.2. The molecule has 0 bridgehead atoms. The van der Waals surface area contributed by atoms with Crippen LogP contribution in [0.15, 0.2) is 41.3 Å². The number of aryl methyl sites for hydroxylation is 1. The Hall–Kier alpha value is -2.08. The van der Waals surface area contributed by atoms with E-state index in [4.69, 9.17) is 4.74 Å². The van der Waals surface area contributed by atoms with Crippen molar-refractivity contribution < 1.29 is 17.5 Å². The molecule has 3 rings (SSSR count). The lowest BCUT2D eigenvalue weighted by Crippen LogP contribution is -2.29. The molecule has 1 aliphatic heterocycles. The topological polar surface area (TPSA) is 46.6 Å². The van der Waals surface area contributed by atoms with Gasteiger partial charge in [-0.15, -0.1) is 0 Å². The average Bonchev–Trinajstić information content (AvgIpc) is 2.90. The molecular weight excluding hydrogens is 305 g/mol. The SMILES string of the molecule is COc1ccc2c(c1)N(S(=O)(=O)c1ccc(F)cc1C)CC2. The molecule has 0 saturated heterocycles. The first-order valence-electron chi connectivity index (χ1n) is 6.89. The lowest BCUT2D eigenvalue weighted by Gasteiger charge is -2.21. The Morgan fingerprint density at radius 1 is 1.18 bits per heavy atom. The van der Waals surface area contributed by atoms with Crippen LogP contribution in [0.1, 0.15) is 11.1 Å². The molecule has 6 heteroatoms. The zero-order chi connectivity index (χ0) is 15.9. The smallest absolute Gasteiger partial charge is 0.264 e. The molecule has 0 amide bonds. The van der Waals surface area contributed by atoms with E-state index in [0.29, 0.717) is 30.0 Å². The standard InChI is InChI=1S/C16H16FNO3S/c1-11-9-13(17)4-6-16(11)22(19,20)18-8-7-12-3-5-14(21-2)10-15(12)18/h3-6,9-10H,7-8H2,1-2H3. The minimum absolute atomic E-state index is 0.129. The molecule has 0 aliphatic carbocycles. The van der Waals surface area contributed by atoms with Crippen LogP contribution in [-0.4, -0.2) is 22.1 Å². The molecule has 22 heavy (non-hydrogen) atoms. The number of sulfonamides is 1. The van der Waals surface area contributed by atoms with Crippen LogP contribution in [-0.2, 0) is 16.4 Å². The molecule has 0 saturated carbocycles. The predicted molar refractivity (Wildman–Crippen MR) is 82.4 cm³/mol. The molecule has 1 aliphatic rings. The second kappa shape index (κ2) is 5.28. The third-order valence-electron chi connectivity index (χ3n) is 3.85. The van der Waals surface area contributed by atoms with E-state index in [2.05, 4.69) is 0 Å². The normalized spacial score (nSPS) is 14.0. The van der Waals surface area contributed by atoms with E-state index in [1.54, 1.807) is 20.1 Å². The van der Waals surface area contributed by atoms with Gasteiger partial charge in [-0.2, -0.15) is 0 Å². The summed E-state index contributed by atoms with van der Waals surface area (Å²) in [5.41, 5.74) is 1.99. The molecule has 0 aromatic heterocycles. The number of hydrogen-bond donors (Lipinski definition) is 0. The highest BCUT2D eigenvalue weighted by molar-refractivity contribution is 7.93. The van der Waals surface area contributed by atoms with Crippen LogP contribution in [0.25, 0.3) is 0 Å². The van der Waals surface area contributed by atoms with Crippen molar-refractivity contribution in [2.45, 2.75) is 18.2 Å². The number of benzene rings is 2. The van der Waals surface area contributed by atoms with Crippen molar-refractivity contribution in [2.24, 2.45) is 0 Å². The maximum atomic E-state index is 13.2. The molecule has 0 N–H and O–H groups in total. The first-order chi connectivity index (χ1) is 10.4. The highest BCUT2D eigenvalue weighted by atomic mass is 32.2. The fraction of sp³-hybridized carbons (Fsp3) is 0.250. The number of fused-ring (bicyclic) bond motifs is 1. The number of hydrogen-bond acceptors (Lipinski definition) is 3. The van der Waals surface area contributed by atoms with Crippen molar-refractivity contribution in [1.82, 2.24) is 0 Å². The van der Waals surface area contributed by atoms with Gasteiger partial charge in [-0.1, -0.05) is 6.07 Å². The molecule has 2 aromatic carbocycles. The summed E-state index contributed by atoms with van der Waals surface area (Å²) in [6, 6.07) is 9.13. The first-order valence-corrected chi connectivity index (χ1v) is 8.33. The summed E-state index contributed by atoms with van der Waals surface area (Å²) in [6.45, 7) is 1.97. The van der Waals surface area contributed by atoms with E-state index in [0.717, 1.165) is 5.56 Å². The molecule has 1 heterocycles. The van der Waals surface area contributed by atoms with E-state index in [9.17, 15) is 12.8 Å². The zero-order valence-electron chi connectivity index (χ0n) is 12.3. The highest BCUT2D eigenvalue weighted by Gasteiger charge is 2.32. The maximum Gasteiger partial charge on any atom is 0.264 e. The molecule has 0 radical (unpaired) electrons. The summed E-state index contributed by atoms with van der Waals surface area (Å²) in [7, 11) is -2.17. The van der Waals surface area contributed by atoms with Crippen LogP contribution in [0, 0.1) is 12.7 Å². The predicted octanol–water partition coefficient (Wildman–Crippen LogP) is 2.89. The van der Waals surface area contributed by atoms with Crippen LogP contribution < -0.4 is 9.04 Å². The highest BCUT2D eigenvalue weighted by Crippen LogP contribution is 2.36. The van der Waals surface area contributed by atoms with Crippen molar-refractivity contribution >= 4 is 15.7 Å². The van der Waals surface area contributed by atoms with Crippen molar-refractivity contribution in [3.8, 4) is 5.75 Å². The van der Waals surface area contributed by atoms with E-state index < -0.39 is 15.8 Å². The number of halogens is 1. The van der Waals surface area contributed by atoms with Crippen LogP contribution in [0.4, 0.5) is 10.1 Å². The van der Waals surface area contributed by atoms with E-state index >= 15 is 0 Å². The molecule has 4 nitrogen and oxygen atoms in total. The molecule has 0 spiro atoms. The summed E-state index contributed by atoms with van der Waals surface area (Å²) < 4.78 is 45.5. The number of ether oxygens (including phenoxy) is 1. The van der Waals surface area contributed by atoms with Gasteiger partial charge in [-0.3, -0.25) is 4.31 Å². The van der Waals surface area contributed by atoms with Crippen LogP contribution >= 0.6 is 0 Å². The number of nitrogens with zero attached hydrogens (tertiary/aromatic N) is 1. The lowest BCUT2D eigenvalue weighted by molar-refractivity contribution is 0.415. The van der Waals surface area contributed by atoms with Gasteiger partial charge < -0.3 is 4.74 Å². The van der Waals surface area contributed by atoms with Crippen LogP contribution in [0.3, 0.4) is 0 Å². The van der Waals surface area contributed by atoms with E-state index in [1.807, 2.05) is 12.1 Å². The van der Waals surface area contributed by atoms with Gasteiger partial charge in [-0.25, -0.2) is 12.8 Å². The zero-order valence-corrected chi connectivity index (χ0v) is 13.2. The average molecular weight is 321 g/mol. The summed E-state index contributed by atoms with van der Waals surface area (Å²) in [5.74, 6) is 0.164. The number of methoxy groups -OCH3 is 1. The third kappa shape index (κ3) is 2.33. The molecule has 0 fully saturated rings. The molecule has 0 unspecified atom stereocenters. The first kappa shape index (κ1) is 14.8. The molecule has 116 valence electrons. The monoisotopic (exact) mass is 321 g/mol. The number of anilines is 1. The van der Waals surface area contributed by atoms with Crippen molar-refractivity contribution in [3.05, 3.63) is 53.3 Å². The second-order valence-electron chi connectivity index (χ2n) is 5.23. The van der Waals surface area contributed by atoms with Gasteiger partial charge >= 0.3 is 0 Å². The van der Waals surface area contributed by atoms with Crippen molar-refractivity contribution in [2.75, 3.05) is 18.0 Å². The van der Waals surface area contributed by atoms with Gasteiger partial charge in [0.15, 0.2) is 0 Å². The van der Waals surface area contributed by atoms with Crippen molar-refractivity contribution in [3.63, 3.8) is 0 Å². The number of rotatable bonds is 3. The Kier molecular flexibility index (Phi) is 3.56. The fourth-order valence-corrected chi connectivity index (χ4v) is 4.43. The van der Waals surface area contributed by atoms with Gasteiger partial charge in [0.25, 0.3) is 10.0 Å². The second-order valence-corrected chi connectivity index (χ2v) is 7.06. The molecule has 2 aromatic rings. The Labute approximate surface area is 129 Å². The Bertz CT molecular complexity index is 833. The van der Waals surface area contributed by atoms with Gasteiger partial charge in [0, 0.05) is 12.6 Å². The largest absolute Gasteiger partial charge is 0.497 e. The quantitative estimate of drug-likeness (QED) is 0.873. The third-order valence-corrected chi connectivity index (χ3v) is 5.82.